The van der Waals surface area contributed by atoms with Gasteiger partial charge < -0.3 is 11.1 Å². The summed E-state index contributed by atoms with van der Waals surface area (Å²) in [6.45, 7) is 8.55. The predicted octanol–water partition coefficient (Wildman–Crippen LogP) is 3.67. The summed E-state index contributed by atoms with van der Waals surface area (Å²) in [5, 5.41) is 3.56. The van der Waals surface area contributed by atoms with Gasteiger partial charge in [-0.1, -0.05) is 63.4 Å². The van der Waals surface area contributed by atoms with Crippen LogP contribution in [0.25, 0.3) is 0 Å². The molecule has 0 aliphatic heterocycles. The fraction of sp³-hybridized carbons (Fsp3) is 0.647. The maximum atomic E-state index is 6.40. The molecule has 2 atom stereocenters. The van der Waals surface area contributed by atoms with Crippen molar-refractivity contribution in [1.29, 1.82) is 0 Å². The molecule has 19 heavy (non-hydrogen) atoms. The summed E-state index contributed by atoms with van der Waals surface area (Å²) in [6.07, 6.45) is 5.19. The van der Waals surface area contributed by atoms with Crippen molar-refractivity contribution < 1.29 is 0 Å². The minimum Gasteiger partial charge on any atom is -0.321 e. The van der Waals surface area contributed by atoms with E-state index < -0.39 is 0 Å². The maximum absolute atomic E-state index is 6.40. The van der Waals surface area contributed by atoms with Crippen LogP contribution in [0.15, 0.2) is 30.3 Å². The van der Waals surface area contributed by atoms with Crippen molar-refractivity contribution in [2.45, 2.75) is 52.0 Å². The maximum Gasteiger partial charge on any atom is 0.0507 e. The second-order valence-corrected chi connectivity index (χ2v) is 5.83. The highest BCUT2D eigenvalue weighted by Crippen LogP contribution is 2.17. The van der Waals surface area contributed by atoms with Gasteiger partial charge in [0.15, 0.2) is 0 Å². The molecule has 0 fully saturated rings. The van der Waals surface area contributed by atoms with E-state index in [-0.39, 0.29) is 5.54 Å². The summed E-state index contributed by atoms with van der Waals surface area (Å²) >= 11 is 0. The third kappa shape index (κ3) is 5.75. The normalized spacial score (nSPS) is 16.0. The van der Waals surface area contributed by atoms with E-state index in [0.717, 1.165) is 19.0 Å². The third-order valence-corrected chi connectivity index (χ3v) is 3.90. The molecule has 0 aromatic heterocycles. The molecule has 0 aliphatic carbocycles. The molecule has 0 bridgehead atoms. The quantitative estimate of drug-likeness (QED) is 0.712. The Hall–Kier alpha value is -0.860. The number of unbranched alkanes of at least 4 members (excludes halogenated alkanes) is 1. The summed E-state index contributed by atoms with van der Waals surface area (Å²) in [5.74, 6) is 0.784. The van der Waals surface area contributed by atoms with E-state index >= 15 is 0 Å². The lowest BCUT2D eigenvalue weighted by Gasteiger charge is -2.27. The largest absolute Gasteiger partial charge is 0.321 e. The Morgan fingerprint density at radius 1 is 1.21 bits per heavy atom. The van der Waals surface area contributed by atoms with Crippen molar-refractivity contribution in [3.05, 3.63) is 35.9 Å². The molecule has 0 heterocycles. The minimum atomic E-state index is -0.287. The van der Waals surface area contributed by atoms with Crippen molar-refractivity contribution in [3.8, 4) is 0 Å². The van der Waals surface area contributed by atoms with Crippen molar-refractivity contribution in [2.75, 3.05) is 13.1 Å². The minimum absolute atomic E-state index is 0.287. The number of hydrogen-bond acceptors (Lipinski definition) is 2. The van der Waals surface area contributed by atoms with Gasteiger partial charge in [0.05, 0.1) is 5.54 Å². The molecule has 1 rings (SSSR count). The second kappa shape index (κ2) is 8.34. The molecule has 2 heteroatoms. The molecular weight excluding hydrogens is 232 g/mol. The summed E-state index contributed by atoms with van der Waals surface area (Å²) in [6, 6.07) is 10.4. The van der Waals surface area contributed by atoms with Gasteiger partial charge >= 0.3 is 0 Å². The second-order valence-electron chi connectivity index (χ2n) is 5.83. The highest BCUT2D eigenvalue weighted by Gasteiger charge is 2.20. The van der Waals surface area contributed by atoms with Gasteiger partial charge in [0.25, 0.3) is 0 Å². The Kier molecular flexibility index (Phi) is 7.11. The molecule has 1 aromatic rings. The van der Waals surface area contributed by atoms with E-state index in [4.69, 9.17) is 5.73 Å². The Morgan fingerprint density at radius 3 is 2.47 bits per heavy atom. The number of hydrogen-bond donors (Lipinski definition) is 2. The highest BCUT2D eigenvalue weighted by molar-refractivity contribution is 5.23. The number of nitrogens with one attached hydrogen (secondary N) is 1. The van der Waals surface area contributed by atoms with E-state index in [1.807, 2.05) is 6.07 Å². The zero-order valence-corrected chi connectivity index (χ0v) is 12.8. The lowest BCUT2D eigenvalue weighted by molar-refractivity contribution is 0.379. The van der Waals surface area contributed by atoms with Gasteiger partial charge in [0, 0.05) is 6.54 Å². The van der Waals surface area contributed by atoms with Crippen LogP contribution < -0.4 is 11.1 Å². The molecule has 108 valence electrons. The lowest BCUT2D eigenvalue weighted by Crippen LogP contribution is -2.44. The molecule has 3 N–H and O–H groups in total. The first-order valence-electron chi connectivity index (χ1n) is 7.65. The number of nitrogens with two attached hydrogens (primary N) is 1. The molecular formula is C17H30N2. The van der Waals surface area contributed by atoms with Crippen molar-refractivity contribution in [2.24, 2.45) is 11.7 Å². The Bertz CT molecular complexity index is 332. The first-order valence-corrected chi connectivity index (χ1v) is 7.65. The van der Waals surface area contributed by atoms with Crippen LogP contribution in [0.4, 0.5) is 0 Å². The third-order valence-electron chi connectivity index (χ3n) is 3.90. The van der Waals surface area contributed by atoms with Crippen LogP contribution in [0.3, 0.4) is 0 Å². The van der Waals surface area contributed by atoms with Crippen LogP contribution in [0.5, 0.6) is 0 Å². The van der Waals surface area contributed by atoms with Crippen molar-refractivity contribution in [3.63, 3.8) is 0 Å². The Morgan fingerprint density at radius 2 is 1.89 bits per heavy atom. The van der Waals surface area contributed by atoms with E-state index in [9.17, 15) is 0 Å². The first kappa shape index (κ1) is 16.2. The smallest absolute Gasteiger partial charge is 0.0507 e. The van der Waals surface area contributed by atoms with Crippen LogP contribution in [-0.2, 0) is 5.54 Å². The molecule has 0 aliphatic rings. The van der Waals surface area contributed by atoms with Gasteiger partial charge in [0.2, 0.25) is 0 Å². The topological polar surface area (TPSA) is 38.0 Å². The first-order chi connectivity index (χ1) is 9.10. The number of rotatable bonds is 9. The predicted molar refractivity (Wildman–Crippen MR) is 84.2 cm³/mol. The van der Waals surface area contributed by atoms with Crippen LogP contribution in [0.1, 0.15) is 52.0 Å². The van der Waals surface area contributed by atoms with Gasteiger partial charge in [0.1, 0.15) is 0 Å². The van der Waals surface area contributed by atoms with Crippen molar-refractivity contribution >= 4 is 0 Å². The van der Waals surface area contributed by atoms with Crippen LogP contribution >= 0.6 is 0 Å². The van der Waals surface area contributed by atoms with Crippen LogP contribution in [-0.4, -0.2) is 13.1 Å². The Labute approximate surface area is 118 Å². The summed E-state index contributed by atoms with van der Waals surface area (Å²) in [7, 11) is 0. The van der Waals surface area contributed by atoms with Crippen LogP contribution in [0, 0.1) is 5.92 Å². The van der Waals surface area contributed by atoms with Crippen LogP contribution in [0.2, 0.25) is 0 Å². The van der Waals surface area contributed by atoms with Gasteiger partial charge in [-0.2, -0.15) is 0 Å². The van der Waals surface area contributed by atoms with Gasteiger partial charge in [-0.3, -0.25) is 0 Å². The highest BCUT2D eigenvalue weighted by atomic mass is 14.9. The Balaban J connectivity index is 2.38. The average Bonchev–Trinajstić information content (AvgIpc) is 2.43. The van der Waals surface area contributed by atoms with E-state index in [0.29, 0.717) is 0 Å². The molecule has 0 amide bonds. The fourth-order valence-corrected chi connectivity index (χ4v) is 2.40. The molecule has 2 nitrogen and oxygen atoms in total. The SMILES string of the molecule is CCCCC(CC)CNCC(C)(N)c1ccccc1. The zero-order chi connectivity index (χ0) is 14.1. The van der Waals surface area contributed by atoms with Gasteiger partial charge in [-0.15, -0.1) is 0 Å². The summed E-state index contributed by atoms with van der Waals surface area (Å²) in [5.41, 5.74) is 7.31. The molecule has 0 saturated heterocycles. The lowest BCUT2D eigenvalue weighted by atomic mass is 9.92. The summed E-state index contributed by atoms with van der Waals surface area (Å²) < 4.78 is 0. The standard InChI is InChI=1S/C17H30N2/c1-4-6-10-15(5-2)13-19-14-17(3,18)16-11-8-7-9-12-16/h7-9,11-12,15,19H,4-6,10,13-14,18H2,1-3H3. The van der Waals surface area contributed by atoms with Gasteiger partial charge in [-0.25, -0.2) is 0 Å². The monoisotopic (exact) mass is 262 g/mol. The molecule has 0 radical (unpaired) electrons. The number of benzene rings is 1. The fourth-order valence-electron chi connectivity index (χ4n) is 2.40. The van der Waals surface area contributed by atoms with Crippen molar-refractivity contribution in [1.82, 2.24) is 5.32 Å². The molecule has 1 aromatic carbocycles. The molecule has 2 unspecified atom stereocenters. The average molecular weight is 262 g/mol. The summed E-state index contributed by atoms with van der Waals surface area (Å²) in [4.78, 5) is 0. The molecule has 0 saturated carbocycles. The van der Waals surface area contributed by atoms with E-state index in [1.165, 1.54) is 31.2 Å². The van der Waals surface area contributed by atoms with Gasteiger partial charge in [-0.05, 0) is 31.4 Å². The van der Waals surface area contributed by atoms with E-state index in [1.54, 1.807) is 0 Å². The zero-order valence-electron chi connectivity index (χ0n) is 12.8. The molecule has 0 spiro atoms. The van der Waals surface area contributed by atoms with E-state index in [2.05, 4.69) is 50.4 Å².